The molecule has 0 unspecified atom stereocenters. The maximum absolute atomic E-state index is 11.4. The smallest absolute Gasteiger partial charge is 0.316 e. The zero-order valence-electron chi connectivity index (χ0n) is 18.1. The number of aromatic nitrogens is 1. The highest BCUT2D eigenvalue weighted by Crippen LogP contribution is 2.26. The predicted octanol–water partition coefficient (Wildman–Crippen LogP) is -4.38. The molecule has 1 aromatic carbocycles. The molecule has 0 spiro atoms. The summed E-state index contributed by atoms with van der Waals surface area (Å²) in [4.78, 5) is 29.2. The summed E-state index contributed by atoms with van der Waals surface area (Å²) in [6.45, 7) is 0. The van der Waals surface area contributed by atoms with E-state index < -0.39 is 24.0 Å². The molecule has 0 saturated carbocycles. The molecule has 3 rings (SSSR count). The SMILES string of the molecule is C[n+]1ccccc1-c1ccc(N=C(N)[NH+]=C(N)N)cc1C#CC1=CO[C@H](C(=O)[O-])[C@H](C(=O)[O-])C1. The first-order chi connectivity index (χ1) is 16.2. The number of aliphatic carboxylic acids is 2. The van der Waals surface area contributed by atoms with Crippen LogP contribution in [0.15, 0.2) is 59.4 Å². The van der Waals surface area contributed by atoms with Crippen LogP contribution in [-0.4, -0.2) is 30.0 Å². The van der Waals surface area contributed by atoms with E-state index in [1.165, 1.54) is 0 Å². The summed E-state index contributed by atoms with van der Waals surface area (Å²) in [6, 6.07) is 10.9. The molecule has 0 aliphatic carbocycles. The van der Waals surface area contributed by atoms with Gasteiger partial charge in [0.25, 0.3) is 5.96 Å². The number of hydrogen-bond donors (Lipinski definition) is 4. The molecule has 174 valence electrons. The molecule has 1 aliphatic rings. The van der Waals surface area contributed by atoms with Crippen molar-refractivity contribution in [3.05, 3.63) is 60.0 Å². The van der Waals surface area contributed by atoms with E-state index in [4.69, 9.17) is 21.9 Å². The molecular weight excluding hydrogens is 440 g/mol. The third kappa shape index (κ3) is 5.68. The highest BCUT2D eigenvalue weighted by Gasteiger charge is 2.29. The quantitative estimate of drug-likeness (QED) is 0.151. The normalized spacial score (nSPS) is 17.4. The number of carboxylic acid groups (broad SMARTS) is 2. The van der Waals surface area contributed by atoms with Crippen molar-refractivity contribution < 1.29 is 34.1 Å². The Morgan fingerprint density at radius 3 is 2.56 bits per heavy atom. The Balaban J connectivity index is 2.06. The van der Waals surface area contributed by atoms with Gasteiger partial charge in [-0.05, 0) is 30.7 Å². The maximum Gasteiger partial charge on any atom is 0.316 e. The highest BCUT2D eigenvalue weighted by molar-refractivity contribution is 5.81. The zero-order valence-corrected chi connectivity index (χ0v) is 18.1. The summed E-state index contributed by atoms with van der Waals surface area (Å²) in [5.74, 6) is 1.09. The van der Waals surface area contributed by atoms with Gasteiger partial charge in [-0.25, -0.2) is 9.56 Å². The number of benzene rings is 1. The van der Waals surface area contributed by atoms with Gasteiger partial charge in [-0.2, -0.15) is 0 Å². The molecule has 0 radical (unpaired) electrons. The summed E-state index contributed by atoms with van der Waals surface area (Å²) < 4.78 is 6.94. The first-order valence-electron chi connectivity index (χ1n) is 10.0. The second-order valence-electron chi connectivity index (χ2n) is 7.40. The third-order valence-electron chi connectivity index (χ3n) is 4.91. The van der Waals surface area contributed by atoms with Crippen molar-refractivity contribution in [3.8, 4) is 23.1 Å². The van der Waals surface area contributed by atoms with Gasteiger partial charge >= 0.3 is 5.96 Å². The lowest BCUT2D eigenvalue weighted by Crippen LogP contribution is -2.84. The van der Waals surface area contributed by atoms with E-state index in [1.54, 1.807) is 12.1 Å². The predicted molar refractivity (Wildman–Crippen MR) is 117 cm³/mol. The Labute approximate surface area is 194 Å². The van der Waals surface area contributed by atoms with Crippen molar-refractivity contribution in [1.29, 1.82) is 0 Å². The van der Waals surface area contributed by atoms with E-state index in [-0.39, 0.29) is 23.9 Å². The highest BCUT2D eigenvalue weighted by atomic mass is 16.5. The second-order valence-corrected chi connectivity index (χ2v) is 7.40. The zero-order chi connectivity index (χ0) is 24.8. The van der Waals surface area contributed by atoms with Crippen LogP contribution in [-0.2, 0) is 21.4 Å². The van der Waals surface area contributed by atoms with Gasteiger partial charge in [0.2, 0.25) is 5.69 Å². The molecule has 0 bridgehead atoms. The van der Waals surface area contributed by atoms with Crippen LogP contribution in [0.4, 0.5) is 5.69 Å². The van der Waals surface area contributed by atoms with Crippen LogP contribution in [0.3, 0.4) is 0 Å². The van der Waals surface area contributed by atoms with Gasteiger partial charge in [-0.1, -0.05) is 11.8 Å². The number of pyridine rings is 1. The van der Waals surface area contributed by atoms with Crippen LogP contribution in [0.1, 0.15) is 12.0 Å². The molecule has 2 heterocycles. The van der Waals surface area contributed by atoms with Gasteiger partial charge < -0.3 is 41.7 Å². The van der Waals surface area contributed by atoms with Crippen LogP contribution in [0.25, 0.3) is 11.3 Å². The van der Waals surface area contributed by atoms with Crippen molar-refractivity contribution in [2.45, 2.75) is 12.5 Å². The number of carboxylic acids is 2. The lowest BCUT2D eigenvalue weighted by molar-refractivity contribution is -0.660. The largest absolute Gasteiger partial charge is 0.550 e. The van der Waals surface area contributed by atoms with E-state index in [0.717, 1.165) is 17.5 Å². The summed E-state index contributed by atoms with van der Waals surface area (Å²) >= 11 is 0. The average molecular weight is 462 g/mol. The van der Waals surface area contributed by atoms with Crippen molar-refractivity contribution in [1.82, 2.24) is 0 Å². The van der Waals surface area contributed by atoms with Crippen LogP contribution < -0.4 is 37.0 Å². The fourth-order valence-electron chi connectivity index (χ4n) is 3.34. The molecule has 2 aromatic rings. The number of carbonyl (C=O) groups is 2. The summed E-state index contributed by atoms with van der Waals surface area (Å²) in [5.41, 5.74) is 19.5. The molecule has 0 saturated heterocycles. The van der Waals surface area contributed by atoms with E-state index in [2.05, 4.69) is 21.8 Å². The molecule has 0 fully saturated rings. The number of nitrogens with zero attached hydrogens (tertiary/aromatic N) is 2. The third-order valence-corrected chi connectivity index (χ3v) is 4.91. The van der Waals surface area contributed by atoms with Gasteiger partial charge in [0.05, 0.1) is 17.8 Å². The number of aryl methyl sites for hydroxylation is 1. The molecule has 1 aliphatic heterocycles. The molecule has 2 atom stereocenters. The Kier molecular flexibility index (Phi) is 7.13. The van der Waals surface area contributed by atoms with Gasteiger partial charge in [0.1, 0.15) is 18.8 Å². The molecule has 1 aromatic heterocycles. The molecule has 11 nitrogen and oxygen atoms in total. The number of aliphatic imine (C=N–C) groups is 1. The van der Waals surface area contributed by atoms with E-state index in [0.29, 0.717) is 11.3 Å². The standard InChI is InChI=1S/C23H22N6O5/c1-29-9-3-2-4-18(29)16-8-7-15(27-23(26)28-22(24)25)11-14(16)6-5-13-10-17(20(30)31)19(21(32)33)34-12-13/h2-4,7-9,11-12,17,19H,10H2,1H3,(H7,24,25,26,28,30,31,32,33)/t17-,19+/m1/s1. The van der Waals surface area contributed by atoms with Gasteiger partial charge in [0.15, 0.2) is 6.20 Å². The number of allylic oxidation sites excluding steroid dienone is 1. The first-order valence-corrected chi connectivity index (χ1v) is 10.0. The van der Waals surface area contributed by atoms with Crippen LogP contribution in [0.2, 0.25) is 0 Å². The summed E-state index contributed by atoms with van der Waals surface area (Å²) in [6.07, 6.45) is 1.18. The molecule has 11 heteroatoms. The van der Waals surface area contributed by atoms with Crippen LogP contribution >= 0.6 is 0 Å². The second kappa shape index (κ2) is 10.2. The van der Waals surface area contributed by atoms with Gasteiger partial charge in [-0.3, -0.25) is 0 Å². The van der Waals surface area contributed by atoms with Crippen molar-refractivity contribution in [3.63, 3.8) is 0 Å². The minimum absolute atomic E-state index is 0.0227. The van der Waals surface area contributed by atoms with Crippen molar-refractivity contribution >= 4 is 29.5 Å². The molecular formula is C23H22N6O5. The minimum atomic E-state index is -1.64. The number of guanidine groups is 2. The molecule has 34 heavy (non-hydrogen) atoms. The van der Waals surface area contributed by atoms with Crippen molar-refractivity contribution in [2.24, 2.45) is 35.2 Å². The topological polar surface area (TPSA) is 198 Å². The fourth-order valence-corrected chi connectivity index (χ4v) is 3.34. The molecule has 7 N–H and O–H groups in total. The lowest BCUT2D eigenvalue weighted by atomic mass is 9.92. The van der Waals surface area contributed by atoms with Crippen LogP contribution in [0.5, 0.6) is 0 Å². The average Bonchev–Trinajstić information content (AvgIpc) is 2.77. The Bertz CT molecular complexity index is 1280. The maximum atomic E-state index is 11.4. The van der Waals surface area contributed by atoms with Crippen molar-refractivity contribution in [2.75, 3.05) is 0 Å². The number of nitrogens with one attached hydrogen (secondary N) is 1. The van der Waals surface area contributed by atoms with E-state index in [1.807, 2.05) is 42.1 Å². The first kappa shape index (κ1) is 23.8. The minimum Gasteiger partial charge on any atom is -0.550 e. The van der Waals surface area contributed by atoms with Gasteiger partial charge in [-0.15, -0.1) is 4.99 Å². The number of nitrogens with two attached hydrogens (primary N) is 3. The Morgan fingerprint density at radius 1 is 1.15 bits per heavy atom. The molecule has 0 amide bonds. The Hall–Kier alpha value is -4.85. The Morgan fingerprint density at radius 2 is 1.91 bits per heavy atom. The number of hydrogen-bond acceptors (Lipinski definition) is 6. The summed E-state index contributed by atoms with van der Waals surface area (Å²) in [5, 5.41) is 22.5. The van der Waals surface area contributed by atoms with E-state index >= 15 is 0 Å². The lowest BCUT2D eigenvalue weighted by Gasteiger charge is -2.31. The van der Waals surface area contributed by atoms with Crippen LogP contribution in [0, 0.1) is 17.8 Å². The van der Waals surface area contributed by atoms with Gasteiger partial charge in [0, 0.05) is 35.2 Å². The monoisotopic (exact) mass is 462 g/mol. The summed E-state index contributed by atoms with van der Waals surface area (Å²) in [7, 11) is 1.88. The number of ether oxygens (including phenoxy) is 1. The number of carbonyl (C=O) groups excluding carboxylic acids is 2. The fraction of sp³-hybridized carbons (Fsp3) is 0.174. The number of rotatable bonds is 4. The van der Waals surface area contributed by atoms with E-state index in [9.17, 15) is 19.8 Å².